The molecule has 0 bridgehead atoms. The van der Waals surface area contributed by atoms with Crippen LogP contribution in [0.15, 0.2) is 53.7 Å². The second kappa shape index (κ2) is 7.05. The van der Waals surface area contributed by atoms with Crippen LogP contribution in [0.5, 0.6) is 0 Å². The second-order valence-corrected chi connectivity index (χ2v) is 6.67. The van der Waals surface area contributed by atoms with Gasteiger partial charge in [-0.2, -0.15) is 0 Å². The molecule has 3 rings (SSSR count). The average molecular weight is 342 g/mol. The monoisotopic (exact) mass is 342 g/mol. The predicted octanol–water partition coefficient (Wildman–Crippen LogP) is 3.98. The number of benzene rings is 2. The van der Waals surface area contributed by atoms with Gasteiger partial charge in [-0.1, -0.05) is 36.0 Å². The Bertz CT molecular complexity index is 827. The summed E-state index contributed by atoms with van der Waals surface area (Å²) in [5.41, 5.74) is 3.21. The quantitative estimate of drug-likeness (QED) is 0.657. The maximum Gasteiger partial charge on any atom is 0.191 e. The Kier molecular flexibility index (Phi) is 4.85. The minimum atomic E-state index is -0.217. The molecule has 0 unspecified atom stereocenters. The summed E-state index contributed by atoms with van der Waals surface area (Å²) in [6, 6.07) is 14.7. The van der Waals surface area contributed by atoms with Crippen LogP contribution >= 0.6 is 11.8 Å². The van der Waals surface area contributed by atoms with E-state index in [1.165, 1.54) is 12.1 Å². The molecule has 1 aromatic heterocycles. The van der Waals surface area contributed by atoms with E-state index in [0.29, 0.717) is 0 Å². The first kappa shape index (κ1) is 16.5. The first-order valence-corrected chi connectivity index (χ1v) is 8.57. The molecule has 6 heteroatoms. The van der Waals surface area contributed by atoms with E-state index < -0.39 is 0 Å². The Hall–Kier alpha value is -2.34. The molecule has 0 aliphatic rings. The minimum Gasteiger partial charge on any atom is -0.378 e. The third-order valence-electron chi connectivity index (χ3n) is 3.74. The fraction of sp³-hybridized carbons (Fsp3) is 0.222. The van der Waals surface area contributed by atoms with Crippen molar-refractivity contribution in [2.75, 3.05) is 19.0 Å². The summed E-state index contributed by atoms with van der Waals surface area (Å²) in [6.45, 7) is 0. The zero-order chi connectivity index (χ0) is 17.1. The number of nitrogens with zero attached hydrogens (tertiary/aromatic N) is 4. The van der Waals surface area contributed by atoms with Crippen molar-refractivity contribution >= 4 is 17.4 Å². The van der Waals surface area contributed by atoms with Gasteiger partial charge >= 0.3 is 0 Å². The van der Waals surface area contributed by atoms with Gasteiger partial charge in [0.1, 0.15) is 5.82 Å². The zero-order valence-corrected chi connectivity index (χ0v) is 14.7. The summed E-state index contributed by atoms with van der Waals surface area (Å²) in [4.78, 5) is 2.06. The van der Waals surface area contributed by atoms with Crippen LogP contribution in [0.4, 0.5) is 10.1 Å². The molecule has 0 amide bonds. The summed E-state index contributed by atoms with van der Waals surface area (Å²) >= 11 is 1.59. The van der Waals surface area contributed by atoms with Gasteiger partial charge in [-0.3, -0.25) is 0 Å². The lowest BCUT2D eigenvalue weighted by molar-refractivity contribution is 0.627. The summed E-state index contributed by atoms with van der Waals surface area (Å²) < 4.78 is 14.9. The molecule has 124 valence electrons. The minimum absolute atomic E-state index is 0.217. The van der Waals surface area contributed by atoms with Crippen molar-refractivity contribution in [2.45, 2.75) is 10.9 Å². The topological polar surface area (TPSA) is 34.0 Å². The van der Waals surface area contributed by atoms with Gasteiger partial charge in [0.15, 0.2) is 11.0 Å². The maximum absolute atomic E-state index is 13.0. The molecule has 1 heterocycles. The number of hydrogen-bond acceptors (Lipinski definition) is 4. The van der Waals surface area contributed by atoms with E-state index in [1.54, 1.807) is 23.9 Å². The zero-order valence-electron chi connectivity index (χ0n) is 13.9. The standard InChI is InChI=1S/C18H19FN4S/c1-22(2)16-6-4-5-14(11-16)17-20-21-18(23(17)3)24-12-13-7-9-15(19)10-8-13/h4-11H,12H2,1-3H3. The number of aromatic nitrogens is 3. The molecule has 0 aliphatic heterocycles. The van der Waals surface area contributed by atoms with Crippen molar-refractivity contribution in [2.24, 2.45) is 7.05 Å². The van der Waals surface area contributed by atoms with Gasteiger partial charge in [0.05, 0.1) is 0 Å². The molecule has 0 N–H and O–H groups in total. The third kappa shape index (κ3) is 3.59. The first-order chi connectivity index (χ1) is 11.5. The van der Waals surface area contributed by atoms with Crippen molar-refractivity contribution < 1.29 is 4.39 Å². The molecular formula is C18H19FN4S. The maximum atomic E-state index is 13.0. The molecule has 24 heavy (non-hydrogen) atoms. The van der Waals surface area contributed by atoms with Gasteiger partial charge in [-0.05, 0) is 29.8 Å². The lowest BCUT2D eigenvalue weighted by Crippen LogP contribution is -2.08. The van der Waals surface area contributed by atoms with Crippen LogP contribution in [0.25, 0.3) is 11.4 Å². The Morgan fingerprint density at radius 1 is 1.08 bits per heavy atom. The highest BCUT2D eigenvalue weighted by Gasteiger charge is 2.12. The molecule has 3 aromatic rings. The van der Waals surface area contributed by atoms with Gasteiger partial charge in [-0.15, -0.1) is 10.2 Å². The summed E-state index contributed by atoms with van der Waals surface area (Å²) in [5.74, 6) is 1.34. The van der Waals surface area contributed by atoms with E-state index in [0.717, 1.165) is 33.5 Å². The lowest BCUT2D eigenvalue weighted by atomic mass is 10.2. The highest BCUT2D eigenvalue weighted by molar-refractivity contribution is 7.98. The van der Waals surface area contributed by atoms with Gasteiger partial charge in [-0.25, -0.2) is 4.39 Å². The fourth-order valence-corrected chi connectivity index (χ4v) is 3.21. The molecule has 0 atom stereocenters. The second-order valence-electron chi connectivity index (χ2n) is 5.73. The van der Waals surface area contributed by atoms with Gasteiger partial charge in [0, 0.05) is 38.1 Å². The summed E-state index contributed by atoms with van der Waals surface area (Å²) in [5, 5.41) is 9.45. The van der Waals surface area contributed by atoms with Crippen LogP contribution < -0.4 is 4.90 Å². The Labute approximate surface area is 145 Å². The van der Waals surface area contributed by atoms with Crippen molar-refractivity contribution in [1.29, 1.82) is 0 Å². The number of halogens is 1. The molecule has 0 radical (unpaired) electrons. The van der Waals surface area contributed by atoms with Crippen molar-refractivity contribution in [3.63, 3.8) is 0 Å². The van der Waals surface area contributed by atoms with Crippen molar-refractivity contribution in [3.8, 4) is 11.4 Å². The largest absolute Gasteiger partial charge is 0.378 e. The van der Waals surface area contributed by atoms with Crippen molar-refractivity contribution in [1.82, 2.24) is 14.8 Å². The molecule has 4 nitrogen and oxygen atoms in total. The van der Waals surface area contributed by atoms with Crippen LogP contribution in [0.2, 0.25) is 0 Å². The van der Waals surface area contributed by atoms with E-state index in [4.69, 9.17) is 0 Å². The van der Waals surface area contributed by atoms with Gasteiger partial charge in [0.2, 0.25) is 0 Å². The fourth-order valence-electron chi connectivity index (χ4n) is 2.34. The SMILES string of the molecule is CN(C)c1cccc(-c2nnc(SCc3ccc(F)cc3)n2C)c1. The Balaban J connectivity index is 1.78. The predicted molar refractivity (Wildman–Crippen MR) is 96.7 cm³/mol. The number of hydrogen-bond donors (Lipinski definition) is 0. The Morgan fingerprint density at radius 2 is 1.83 bits per heavy atom. The molecule has 0 aliphatic carbocycles. The van der Waals surface area contributed by atoms with E-state index in [-0.39, 0.29) is 5.82 Å². The normalized spacial score (nSPS) is 10.8. The van der Waals surface area contributed by atoms with Crippen LogP contribution in [-0.4, -0.2) is 28.9 Å². The Morgan fingerprint density at radius 3 is 2.54 bits per heavy atom. The van der Waals surface area contributed by atoms with E-state index in [2.05, 4.69) is 27.2 Å². The first-order valence-electron chi connectivity index (χ1n) is 7.59. The number of anilines is 1. The summed E-state index contributed by atoms with van der Waals surface area (Å²) in [6.07, 6.45) is 0. The molecule has 0 saturated carbocycles. The van der Waals surface area contributed by atoms with E-state index >= 15 is 0 Å². The van der Waals surface area contributed by atoms with Crippen molar-refractivity contribution in [3.05, 3.63) is 59.9 Å². The smallest absolute Gasteiger partial charge is 0.191 e. The average Bonchev–Trinajstić information content (AvgIpc) is 2.95. The van der Waals surface area contributed by atoms with Crippen LogP contribution in [-0.2, 0) is 12.8 Å². The summed E-state index contributed by atoms with van der Waals surface area (Å²) in [7, 11) is 5.99. The highest BCUT2D eigenvalue weighted by atomic mass is 32.2. The van der Waals surface area contributed by atoms with E-state index in [9.17, 15) is 4.39 Å². The third-order valence-corrected chi connectivity index (χ3v) is 4.83. The molecule has 2 aromatic carbocycles. The van der Waals surface area contributed by atoms with E-state index in [1.807, 2.05) is 37.8 Å². The van der Waals surface area contributed by atoms with Gasteiger partial charge < -0.3 is 9.47 Å². The van der Waals surface area contributed by atoms with Crippen LogP contribution in [0.3, 0.4) is 0 Å². The lowest BCUT2D eigenvalue weighted by Gasteiger charge is -2.13. The van der Waals surface area contributed by atoms with Crippen LogP contribution in [0.1, 0.15) is 5.56 Å². The molecule has 0 spiro atoms. The number of thioether (sulfide) groups is 1. The molecular weight excluding hydrogens is 323 g/mol. The number of rotatable bonds is 5. The molecule has 0 fully saturated rings. The molecule has 0 saturated heterocycles. The van der Waals surface area contributed by atoms with Crippen LogP contribution in [0, 0.1) is 5.82 Å². The highest BCUT2D eigenvalue weighted by Crippen LogP contribution is 2.27. The van der Waals surface area contributed by atoms with Gasteiger partial charge in [0.25, 0.3) is 0 Å².